The van der Waals surface area contributed by atoms with Crippen molar-refractivity contribution in [1.29, 1.82) is 0 Å². The Hall–Kier alpha value is -2.24. The number of hydrogen-bond donors (Lipinski definition) is 0. The Kier molecular flexibility index (Phi) is 7.30. The van der Waals surface area contributed by atoms with Crippen molar-refractivity contribution in [2.75, 3.05) is 20.8 Å². The van der Waals surface area contributed by atoms with E-state index in [-0.39, 0.29) is 18.9 Å². The highest BCUT2D eigenvalue weighted by atomic mass is 35.5. The van der Waals surface area contributed by atoms with Crippen LogP contribution >= 0.6 is 23.2 Å². The molecule has 0 N–H and O–H groups in total. The van der Waals surface area contributed by atoms with Crippen LogP contribution in [0.1, 0.15) is 11.1 Å². The molecule has 0 heterocycles. The molecule has 0 aliphatic carbocycles. The normalized spacial score (nSPS) is 10.3. The Balaban J connectivity index is 1.83. The quantitative estimate of drug-likeness (QED) is 0.669. The average Bonchev–Trinajstić information content (AvgIpc) is 2.63. The van der Waals surface area contributed by atoms with Gasteiger partial charge in [0.15, 0.2) is 6.61 Å². The lowest BCUT2D eigenvalue weighted by molar-refractivity contribution is -0.151. The molecule has 0 aliphatic rings. The lowest BCUT2D eigenvalue weighted by Gasteiger charge is -2.17. The first-order chi connectivity index (χ1) is 12.4. The van der Waals surface area contributed by atoms with Crippen LogP contribution in [0.2, 0.25) is 10.0 Å². The van der Waals surface area contributed by atoms with Crippen LogP contribution in [0, 0.1) is 0 Å². The highest BCUT2D eigenvalue weighted by Crippen LogP contribution is 2.24. The predicted molar refractivity (Wildman–Crippen MR) is 101 cm³/mol. The van der Waals surface area contributed by atoms with Crippen molar-refractivity contribution in [3.63, 3.8) is 0 Å². The molecule has 5 nitrogen and oxygen atoms in total. The SMILES string of the molecule is COc1ccc(CN(C)C(=O)COC(=O)Cc2c(Cl)cccc2Cl)cc1. The fraction of sp³-hybridized carbons (Fsp3) is 0.263. The van der Waals surface area contributed by atoms with Crippen molar-refractivity contribution in [3.8, 4) is 5.75 Å². The van der Waals surface area contributed by atoms with E-state index in [9.17, 15) is 9.59 Å². The van der Waals surface area contributed by atoms with Crippen molar-refractivity contribution in [3.05, 3.63) is 63.6 Å². The predicted octanol–water partition coefficient (Wildman–Crippen LogP) is 3.75. The van der Waals surface area contributed by atoms with Crippen LogP contribution in [0.25, 0.3) is 0 Å². The molecule has 0 spiro atoms. The smallest absolute Gasteiger partial charge is 0.310 e. The van der Waals surface area contributed by atoms with Gasteiger partial charge >= 0.3 is 5.97 Å². The molecule has 2 rings (SSSR count). The van der Waals surface area contributed by atoms with Gasteiger partial charge in [0.25, 0.3) is 5.91 Å². The van der Waals surface area contributed by atoms with Crippen molar-refractivity contribution >= 4 is 35.1 Å². The summed E-state index contributed by atoms with van der Waals surface area (Å²) in [5, 5.41) is 0.773. The molecule has 7 heteroatoms. The molecule has 2 aromatic carbocycles. The molecule has 0 bridgehead atoms. The number of halogens is 2. The van der Waals surface area contributed by atoms with Crippen molar-refractivity contribution in [2.24, 2.45) is 0 Å². The second-order valence-corrected chi connectivity index (χ2v) is 6.45. The summed E-state index contributed by atoms with van der Waals surface area (Å²) in [4.78, 5) is 25.6. The van der Waals surface area contributed by atoms with Crippen LogP contribution in [-0.2, 0) is 27.3 Å². The van der Waals surface area contributed by atoms with Crippen LogP contribution in [0.3, 0.4) is 0 Å². The molecule has 0 aromatic heterocycles. The van der Waals surface area contributed by atoms with Gasteiger partial charge in [-0.15, -0.1) is 0 Å². The molecule has 0 aliphatic heterocycles. The zero-order valence-electron chi connectivity index (χ0n) is 14.5. The molecule has 2 aromatic rings. The van der Waals surface area contributed by atoms with E-state index in [1.165, 1.54) is 4.90 Å². The van der Waals surface area contributed by atoms with Crippen molar-refractivity contribution in [2.45, 2.75) is 13.0 Å². The summed E-state index contributed by atoms with van der Waals surface area (Å²) in [5.41, 5.74) is 1.43. The number of rotatable bonds is 7. The van der Waals surface area contributed by atoms with Crippen LogP contribution in [0.4, 0.5) is 0 Å². The maximum atomic E-state index is 12.1. The van der Waals surface area contributed by atoms with E-state index in [1.54, 1.807) is 32.4 Å². The molecule has 0 radical (unpaired) electrons. The molecule has 0 fully saturated rings. The lowest BCUT2D eigenvalue weighted by atomic mass is 10.1. The molecular weight excluding hydrogens is 377 g/mol. The Bertz CT molecular complexity index is 757. The van der Waals surface area contributed by atoms with E-state index in [4.69, 9.17) is 32.7 Å². The molecule has 1 amide bonds. The second kappa shape index (κ2) is 9.46. The first-order valence-corrected chi connectivity index (χ1v) is 8.61. The Morgan fingerprint density at radius 1 is 1.04 bits per heavy atom. The summed E-state index contributed by atoms with van der Waals surface area (Å²) in [5.74, 6) is -0.125. The van der Waals surface area contributed by atoms with E-state index in [2.05, 4.69) is 0 Å². The Morgan fingerprint density at radius 2 is 1.65 bits per heavy atom. The van der Waals surface area contributed by atoms with Crippen molar-refractivity contribution < 1.29 is 19.1 Å². The number of carbonyl (C=O) groups excluding carboxylic acids is 2. The molecule has 0 unspecified atom stereocenters. The number of ether oxygens (including phenoxy) is 2. The van der Waals surface area contributed by atoms with Gasteiger partial charge in [-0.1, -0.05) is 41.4 Å². The summed E-state index contributed by atoms with van der Waals surface area (Å²) in [6, 6.07) is 12.4. The zero-order valence-corrected chi connectivity index (χ0v) is 16.0. The number of amides is 1. The summed E-state index contributed by atoms with van der Waals surface area (Å²) < 4.78 is 10.1. The highest BCUT2D eigenvalue weighted by Gasteiger charge is 2.15. The van der Waals surface area contributed by atoms with Gasteiger partial charge in [0.05, 0.1) is 13.5 Å². The third-order valence-electron chi connectivity index (χ3n) is 3.74. The summed E-state index contributed by atoms with van der Waals surface area (Å²) >= 11 is 12.0. The van der Waals surface area contributed by atoms with Crippen molar-refractivity contribution in [1.82, 2.24) is 4.90 Å². The fourth-order valence-corrected chi connectivity index (χ4v) is 2.77. The standard InChI is InChI=1S/C19H19Cl2NO4/c1-22(11-13-6-8-14(25-2)9-7-13)18(23)12-26-19(24)10-15-16(20)4-3-5-17(15)21/h3-9H,10-12H2,1-2H3. The molecular formula is C19H19Cl2NO4. The Morgan fingerprint density at radius 3 is 2.23 bits per heavy atom. The van der Waals surface area contributed by atoms with E-state index >= 15 is 0 Å². The fourth-order valence-electron chi connectivity index (χ4n) is 2.24. The number of benzene rings is 2. The number of carbonyl (C=O) groups is 2. The number of methoxy groups -OCH3 is 1. The average molecular weight is 396 g/mol. The van der Waals surface area contributed by atoms with Gasteiger partial charge < -0.3 is 14.4 Å². The van der Waals surface area contributed by atoms with E-state index in [0.29, 0.717) is 22.2 Å². The van der Waals surface area contributed by atoms with E-state index < -0.39 is 5.97 Å². The molecule has 0 atom stereocenters. The third kappa shape index (κ3) is 5.64. The monoisotopic (exact) mass is 395 g/mol. The number of nitrogens with zero attached hydrogens (tertiary/aromatic N) is 1. The minimum atomic E-state index is -0.564. The van der Waals surface area contributed by atoms with E-state index in [0.717, 1.165) is 11.3 Å². The van der Waals surface area contributed by atoms with Gasteiger partial charge in [0.2, 0.25) is 0 Å². The highest BCUT2D eigenvalue weighted by molar-refractivity contribution is 6.36. The first-order valence-electron chi connectivity index (χ1n) is 7.86. The zero-order chi connectivity index (χ0) is 19.1. The first kappa shape index (κ1) is 20.1. The van der Waals surface area contributed by atoms with Crippen LogP contribution in [0.5, 0.6) is 5.75 Å². The summed E-state index contributed by atoms with van der Waals surface area (Å²) in [7, 11) is 3.24. The van der Waals surface area contributed by atoms with Gasteiger partial charge in [0.1, 0.15) is 5.75 Å². The van der Waals surface area contributed by atoms with Gasteiger partial charge in [-0.25, -0.2) is 0 Å². The number of esters is 1. The number of likely N-dealkylation sites (N-methyl/N-ethyl adjacent to an activating group) is 1. The molecule has 0 saturated heterocycles. The summed E-state index contributed by atoms with van der Waals surface area (Å²) in [6.45, 7) is 0.0598. The number of hydrogen-bond acceptors (Lipinski definition) is 4. The van der Waals surface area contributed by atoms with Gasteiger partial charge in [-0.3, -0.25) is 9.59 Å². The molecule has 138 valence electrons. The van der Waals surface area contributed by atoms with Gasteiger partial charge in [-0.2, -0.15) is 0 Å². The van der Waals surface area contributed by atoms with Gasteiger partial charge in [0, 0.05) is 29.2 Å². The summed E-state index contributed by atoms with van der Waals surface area (Å²) in [6.07, 6.45) is -0.0893. The lowest BCUT2D eigenvalue weighted by Crippen LogP contribution is -2.31. The molecule has 0 saturated carbocycles. The van der Waals surface area contributed by atoms with Crippen LogP contribution in [0.15, 0.2) is 42.5 Å². The van der Waals surface area contributed by atoms with Gasteiger partial charge in [-0.05, 0) is 29.8 Å². The maximum absolute atomic E-state index is 12.1. The van der Waals surface area contributed by atoms with Crippen LogP contribution < -0.4 is 4.74 Å². The second-order valence-electron chi connectivity index (χ2n) is 5.64. The third-order valence-corrected chi connectivity index (χ3v) is 4.45. The molecule has 26 heavy (non-hydrogen) atoms. The van der Waals surface area contributed by atoms with E-state index in [1.807, 2.05) is 24.3 Å². The largest absolute Gasteiger partial charge is 0.497 e. The minimum absolute atomic E-state index is 0.0893. The minimum Gasteiger partial charge on any atom is -0.497 e. The maximum Gasteiger partial charge on any atom is 0.310 e. The topological polar surface area (TPSA) is 55.8 Å². The Labute approximate surface area is 162 Å². The van der Waals surface area contributed by atoms with Crippen LogP contribution in [-0.4, -0.2) is 37.5 Å².